The Morgan fingerprint density at radius 1 is 1.00 bits per heavy atom. The Morgan fingerprint density at radius 2 is 1.74 bits per heavy atom. The summed E-state index contributed by atoms with van der Waals surface area (Å²) < 4.78 is 13.4. The molecule has 180 valence electrons. The summed E-state index contributed by atoms with van der Waals surface area (Å²) in [5.74, 6) is 2.13. The molecule has 1 unspecified atom stereocenters. The molecule has 1 aromatic heterocycles. The van der Waals surface area contributed by atoms with E-state index < -0.39 is 6.10 Å². The zero-order valence-electron chi connectivity index (χ0n) is 20.0. The maximum Gasteiger partial charge on any atom is 0.234 e. The first-order valence-electron chi connectivity index (χ1n) is 11.4. The SMILES string of the molecule is CCc1ccccc1NC(=O)CSc1nnc(C(C)Oc2cccc(OC)c2)n1-c1ccccc1. The van der Waals surface area contributed by atoms with Crippen molar-refractivity contribution in [2.75, 3.05) is 18.2 Å². The first-order valence-corrected chi connectivity index (χ1v) is 12.4. The van der Waals surface area contributed by atoms with E-state index in [0.717, 1.165) is 23.4 Å². The largest absolute Gasteiger partial charge is 0.497 e. The number of nitrogens with zero attached hydrogens (tertiary/aromatic N) is 3. The molecule has 1 heterocycles. The smallest absolute Gasteiger partial charge is 0.234 e. The monoisotopic (exact) mass is 488 g/mol. The molecule has 1 N–H and O–H groups in total. The Bertz CT molecular complexity index is 1280. The van der Waals surface area contributed by atoms with Crippen LogP contribution in [-0.4, -0.2) is 33.5 Å². The van der Waals surface area contributed by atoms with Gasteiger partial charge in [0.25, 0.3) is 0 Å². The molecule has 0 aliphatic carbocycles. The Balaban J connectivity index is 1.54. The molecule has 4 rings (SSSR count). The van der Waals surface area contributed by atoms with Crippen LogP contribution < -0.4 is 14.8 Å². The van der Waals surface area contributed by atoms with Crippen molar-refractivity contribution >= 4 is 23.4 Å². The summed E-state index contributed by atoms with van der Waals surface area (Å²) in [5.41, 5.74) is 2.84. The normalized spacial score (nSPS) is 11.6. The van der Waals surface area contributed by atoms with Gasteiger partial charge in [0, 0.05) is 17.4 Å². The Kier molecular flexibility index (Phi) is 8.05. The summed E-state index contributed by atoms with van der Waals surface area (Å²) in [5, 5.41) is 12.4. The summed E-state index contributed by atoms with van der Waals surface area (Å²) in [6.07, 6.45) is 0.454. The maximum atomic E-state index is 12.7. The van der Waals surface area contributed by atoms with Gasteiger partial charge in [-0.15, -0.1) is 10.2 Å². The van der Waals surface area contributed by atoms with E-state index in [-0.39, 0.29) is 11.7 Å². The maximum absolute atomic E-state index is 12.7. The van der Waals surface area contributed by atoms with Crippen molar-refractivity contribution in [2.45, 2.75) is 31.5 Å². The Hall–Kier alpha value is -3.78. The van der Waals surface area contributed by atoms with Gasteiger partial charge in [0.05, 0.1) is 12.9 Å². The van der Waals surface area contributed by atoms with E-state index in [0.29, 0.717) is 22.5 Å². The summed E-state index contributed by atoms with van der Waals surface area (Å²) >= 11 is 1.34. The number of carbonyl (C=O) groups is 1. The number of amides is 1. The number of anilines is 1. The molecule has 8 heteroatoms. The van der Waals surface area contributed by atoms with Crippen LogP contribution in [0, 0.1) is 0 Å². The first-order chi connectivity index (χ1) is 17.1. The van der Waals surface area contributed by atoms with Crippen molar-refractivity contribution in [3.8, 4) is 17.2 Å². The number of aryl methyl sites for hydroxylation is 1. The van der Waals surface area contributed by atoms with Crippen LogP contribution in [0.5, 0.6) is 11.5 Å². The van der Waals surface area contributed by atoms with Gasteiger partial charge in [-0.1, -0.05) is 61.2 Å². The lowest BCUT2D eigenvalue weighted by molar-refractivity contribution is -0.113. The quantitative estimate of drug-likeness (QED) is 0.288. The fraction of sp³-hybridized carbons (Fsp3) is 0.222. The van der Waals surface area contributed by atoms with E-state index in [9.17, 15) is 4.79 Å². The molecular formula is C27H28N4O3S. The summed E-state index contributed by atoms with van der Waals surface area (Å²) in [4.78, 5) is 12.7. The molecule has 35 heavy (non-hydrogen) atoms. The van der Waals surface area contributed by atoms with E-state index in [4.69, 9.17) is 9.47 Å². The second-order valence-corrected chi connectivity index (χ2v) is 8.74. The number of hydrogen-bond donors (Lipinski definition) is 1. The van der Waals surface area contributed by atoms with Crippen LogP contribution in [0.1, 0.15) is 31.3 Å². The van der Waals surface area contributed by atoms with Crippen molar-refractivity contribution in [3.63, 3.8) is 0 Å². The van der Waals surface area contributed by atoms with Crippen LogP contribution in [0.3, 0.4) is 0 Å². The average Bonchev–Trinajstić information content (AvgIpc) is 3.32. The van der Waals surface area contributed by atoms with Gasteiger partial charge < -0.3 is 14.8 Å². The van der Waals surface area contributed by atoms with E-state index >= 15 is 0 Å². The molecule has 3 aromatic carbocycles. The van der Waals surface area contributed by atoms with Crippen molar-refractivity contribution in [2.24, 2.45) is 0 Å². The van der Waals surface area contributed by atoms with Gasteiger partial charge >= 0.3 is 0 Å². The Morgan fingerprint density at radius 3 is 2.51 bits per heavy atom. The molecular weight excluding hydrogens is 460 g/mol. The number of para-hydroxylation sites is 2. The van der Waals surface area contributed by atoms with Gasteiger partial charge in [-0.2, -0.15) is 0 Å². The molecule has 0 radical (unpaired) electrons. The highest BCUT2D eigenvalue weighted by molar-refractivity contribution is 7.99. The zero-order chi connectivity index (χ0) is 24.6. The van der Waals surface area contributed by atoms with Crippen LogP contribution in [0.25, 0.3) is 5.69 Å². The summed E-state index contributed by atoms with van der Waals surface area (Å²) in [7, 11) is 1.62. The van der Waals surface area contributed by atoms with E-state index in [1.165, 1.54) is 11.8 Å². The zero-order valence-corrected chi connectivity index (χ0v) is 20.8. The van der Waals surface area contributed by atoms with Crippen molar-refractivity contribution < 1.29 is 14.3 Å². The minimum Gasteiger partial charge on any atom is -0.497 e. The highest BCUT2D eigenvalue weighted by atomic mass is 32.2. The number of rotatable bonds is 10. The van der Waals surface area contributed by atoms with Gasteiger partial charge in [-0.05, 0) is 49.2 Å². The molecule has 0 aliphatic heterocycles. The number of benzene rings is 3. The predicted octanol–water partition coefficient (Wildman–Crippen LogP) is 5.71. The van der Waals surface area contributed by atoms with Crippen LogP contribution >= 0.6 is 11.8 Å². The topological polar surface area (TPSA) is 78.3 Å². The third-order valence-corrected chi connectivity index (χ3v) is 6.32. The summed E-state index contributed by atoms with van der Waals surface area (Å²) in [6, 6.07) is 25.1. The molecule has 4 aromatic rings. The molecule has 1 amide bonds. The van der Waals surface area contributed by atoms with E-state index in [1.54, 1.807) is 7.11 Å². The van der Waals surface area contributed by atoms with Crippen LogP contribution in [-0.2, 0) is 11.2 Å². The fourth-order valence-corrected chi connectivity index (χ4v) is 4.41. The fourth-order valence-electron chi connectivity index (χ4n) is 3.66. The van der Waals surface area contributed by atoms with Crippen molar-refractivity contribution in [1.29, 1.82) is 0 Å². The number of carbonyl (C=O) groups excluding carboxylic acids is 1. The number of methoxy groups -OCH3 is 1. The lowest BCUT2D eigenvalue weighted by Gasteiger charge is -2.17. The molecule has 0 bridgehead atoms. The number of nitrogens with one attached hydrogen (secondary N) is 1. The van der Waals surface area contributed by atoms with Crippen LogP contribution in [0.15, 0.2) is 84.0 Å². The number of ether oxygens (including phenoxy) is 2. The van der Waals surface area contributed by atoms with Gasteiger partial charge in [0.15, 0.2) is 17.1 Å². The highest BCUT2D eigenvalue weighted by Gasteiger charge is 2.22. The predicted molar refractivity (Wildman–Crippen MR) is 139 cm³/mol. The lowest BCUT2D eigenvalue weighted by Crippen LogP contribution is -2.16. The van der Waals surface area contributed by atoms with E-state index in [1.807, 2.05) is 90.4 Å². The van der Waals surface area contributed by atoms with Gasteiger partial charge in [0.2, 0.25) is 5.91 Å². The molecule has 0 saturated carbocycles. The molecule has 0 saturated heterocycles. The number of aromatic nitrogens is 3. The second-order valence-electron chi connectivity index (χ2n) is 7.80. The number of hydrogen-bond acceptors (Lipinski definition) is 6. The molecule has 0 fully saturated rings. The first kappa shape index (κ1) is 24.3. The van der Waals surface area contributed by atoms with Gasteiger partial charge in [-0.25, -0.2) is 0 Å². The molecule has 1 atom stereocenters. The standard InChI is InChI=1S/C27H28N4O3S/c1-4-20-11-8-9-16-24(20)28-25(32)18-35-27-30-29-26(31(27)21-12-6-5-7-13-21)19(2)34-23-15-10-14-22(17-23)33-3/h5-17,19H,4,18H2,1-3H3,(H,28,32). The minimum atomic E-state index is -0.394. The summed E-state index contributed by atoms with van der Waals surface area (Å²) in [6.45, 7) is 3.99. The molecule has 0 spiro atoms. The van der Waals surface area contributed by atoms with Crippen molar-refractivity contribution in [3.05, 3.63) is 90.3 Å². The van der Waals surface area contributed by atoms with Gasteiger partial charge in [-0.3, -0.25) is 9.36 Å². The van der Waals surface area contributed by atoms with Crippen LogP contribution in [0.4, 0.5) is 5.69 Å². The van der Waals surface area contributed by atoms with Crippen molar-refractivity contribution in [1.82, 2.24) is 14.8 Å². The average molecular weight is 489 g/mol. The van der Waals surface area contributed by atoms with Gasteiger partial charge in [0.1, 0.15) is 11.5 Å². The number of thioether (sulfide) groups is 1. The minimum absolute atomic E-state index is 0.0965. The Labute approximate surface area is 209 Å². The third-order valence-electron chi connectivity index (χ3n) is 5.40. The third kappa shape index (κ3) is 6.02. The molecule has 7 nitrogen and oxygen atoms in total. The lowest BCUT2D eigenvalue weighted by atomic mass is 10.1. The highest BCUT2D eigenvalue weighted by Crippen LogP contribution is 2.29. The van der Waals surface area contributed by atoms with Crippen LogP contribution in [0.2, 0.25) is 0 Å². The van der Waals surface area contributed by atoms with E-state index in [2.05, 4.69) is 22.4 Å². The second kappa shape index (κ2) is 11.6. The molecule has 0 aliphatic rings.